The number of hydrogen-bond donors (Lipinski definition) is 2. The van der Waals surface area contributed by atoms with Crippen molar-refractivity contribution in [3.8, 4) is 5.75 Å². The molecule has 2 aliphatic rings. The lowest BCUT2D eigenvalue weighted by Gasteiger charge is -2.35. The van der Waals surface area contributed by atoms with Crippen LogP contribution < -0.4 is 10.3 Å². The molecule has 204 valence electrons. The second kappa shape index (κ2) is 11.6. The molecule has 2 heterocycles. The number of hydrogen-bond acceptors (Lipinski definition) is 7. The highest BCUT2D eigenvalue weighted by Crippen LogP contribution is 2.31. The van der Waals surface area contributed by atoms with Gasteiger partial charge in [-0.2, -0.15) is 11.8 Å². The van der Waals surface area contributed by atoms with Crippen LogP contribution in [0.15, 0.2) is 16.9 Å². The van der Waals surface area contributed by atoms with E-state index in [0.29, 0.717) is 29.8 Å². The van der Waals surface area contributed by atoms with Crippen molar-refractivity contribution in [3.05, 3.63) is 34.1 Å². The number of nitrogens with zero attached hydrogens (tertiary/aromatic N) is 2. The Hall–Kier alpha value is -2.40. The summed E-state index contributed by atoms with van der Waals surface area (Å²) in [5.74, 6) is -0.129. The van der Waals surface area contributed by atoms with Gasteiger partial charge >= 0.3 is 6.09 Å². The van der Waals surface area contributed by atoms with E-state index in [1.54, 1.807) is 32.5 Å². The fraction of sp³-hybridized carbons (Fsp3) is 0.654. The van der Waals surface area contributed by atoms with E-state index in [2.05, 4.69) is 9.97 Å². The Balaban J connectivity index is 1.37. The first-order valence-electron chi connectivity index (χ1n) is 12.8. The monoisotopic (exact) mass is 539 g/mol. The first-order chi connectivity index (χ1) is 17.5. The van der Waals surface area contributed by atoms with Gasteiger partial charge in [0, 0.05) is 29.8 Å². The molecule has 1 aromatic carbocycles. The van der Waals surface area contributed by atoms with E-state index in [-0.39, 0.29) is 35.9 Å². The molecule has 1 saturated carbocycles. The third kappa shape index (κ3) is 7.34. The van der Waals surface area contributed by atoms with Crippen molar-refractivity contribution in [2.45, 2.75) is 81.8 Å². The Morgan fingerprint density at radius 2 is 1.97 bits per heavy atom. The number of aliphatic hydroxyl groups is 1. The number of thioether (sulfide) groups is 1. The highest BCUT2D eigenvalue weighted by Gasteiger charge is 2.34. The molecule has 2 N–H and O–H groups in total. The van der Waals surface area contributed by atoms with Crippen LogP contribution in [0.1, 0.15) is 58.7 Å². The number of aromatic nitrogens is 2. The van der Waals surface area contributed by atoms with Crippen LogP contribution in [0, 0.1) is 11.7 Å². The third-order valence-corrected chi connectivity index (χ3v) is 8.06. The molecular formula is C26H35F2N3O5S. The molecule has 2 unspecified atom stereocenters. The summed E-state index contributed by atoms with van der Waals surface area (Å²) in [6.45, 7) is 5.53. The molecule has 8 nitrogen and oxygen atoms in total. The highest BCUT2D eigenvalue weighted by atomic mass is 32.2. The van der Waals surface area contributed by atoms with Crippen molar-refractivity contribution in [1.82, 2.24) is 14.9 Å². The average molecular weight is 540 g/mol. The SMILES string of the molecule is CC(C)(C)OC(=O)N1CCC(COc2cc(F)c3c(=O)[nH]c(CSC4CCC(O)CC4)nc3c2)C(F)C1. The van der Waals surface area contributed by atoms with E-state index in [0.717, 1.165) is 31.7 Å². The van der Waals surface area contributed by atoms with Crippen LogP contribution in [0.25, 0.3) is 10.9 Å². The van der Waals surface area contributed by atoms with Crippen LogP contribution in [0.2, 0.25) is 0 Å². The Morgan fingerprint density at radius 1 is 1.24 bits per heavy atom. The second-order valence-corrected chi connectivity index (χ2v) is 12.1. The standard InChI is InChI=1S/C26H35F2N3O5S/c1-26(2,3)36-25(34)31-9-8-15(20(28)12-31)13-35-17-10-19(27)23-21(11-17)29-22(30-24(23)33)14-37-18-6-4-16(32)5-7-18/h10-11,15-16,18,20,32H,4-9,12-14H2,1-3H3,(H,29,30,33). The molecule has 2 aromatic rings. The maximum atomic E-state index is 14.8. The summed E-state index contributed by atoms with van der Waals surface area (Å²) in [6, 6.07) is 2.62. The molecule has 0 spiro atoms. The van der Waals surface area contributed by atoms with Crippen LogP contribution in [0.4, 0.5) is 13.6 Å². The molecule has 37 heavy (non-hydrogen) atoms. The minimum atomic E-state index is -1.31. The molecular weight excluding hydrogens is 504 g/mol. The van der Waals surface area contributed by atoms with Gasteiger partial charge in [0.2, 0.25) is 0 Å². The zero-order valence-electron chi connectivity index (χ0n) is 21.5. The van der Waals surface area contributed by atoms with Gasteiger partial charge in [-0.3, -0.25) is 4.79 Å². The largest absolute Gasteiger partial charge is 0.493 e. The molecule has 2 fully saturated rings. The fourth-order valence-electron chi connectivity index (χ4n) is 4.64. The molecule has 11 heteroatoms. The lowest BCUT2D eigenvalue weighted by Crippen LogP contribution is -2.48. The van der Waals surface area contributed by atoms with Crippen LogP contribution in [-0.2, 0) is 10.5 Å². The molecule has 0 bridgehead atoms. The van der Waals surface area contributed by atoms with Gasteiger partial charge in [0.15, 0.2) is 0 Å². The van der Waals surface area contributed by atoms with Gasteiger partial charge in [-0.25, -0.2) is 18.6 Å². The Morgan fingerprint density at radius 3 is 2.65 bits per heavy atom. The quantitative estimate of drug-likeness (QED) is 0.554. The van der Waals surface area contributed by atoms with Gasteiger partial charge in [0.25, 0.3) is 5.56 Å². The van der Waals surface area contributed by atoms with Crippen LogP contribution in [-0.4, -0.2) is 68.9 Å². The number of benzene rings is 1. The topological polar surface area (TPSA) is 105 Å². The lowest BCUT2D eigenvalue weighted by molar-refractivity contribution is 0.000394. The first-order valence-corrected chi connectivity index (χ1v) is 13.8. The van der Waals surface area contributed by atoms with Crippen molar-refractivity contribution in [3.63, 3.8) is 0 Å². The van der Waals surface area contributed by atoms with Crippen molar-refractivity contribution < 1.29 is 28.2 Å². The van der Waals surface area contributed by atoms with E-state index in [4.69, 9.17) is 9.47 Å². The number of H-pyrrole nitrogens is 1. The smallest absolute Gasteiger partial charge is 0.410 e. The van der Waals surface area contributed by atoms with Crippen molar-refractivity contribution in [1.29, 1.82) is 0 Å². The molecule has 0 radical (unpaired) electrons. The maximum Gasteiger partial charge on any atom is 0.410 e. The van der Waals surface area contributed by atoms with E-state index >= 15 is 0 Å². The summed E-state index contributed by atoms with van der Waals surface area (Å²) in [5, 5.41) is 9.91. The maximum absolute atomic E-state index is 14.8. The van der Waals surface area contributed by atoms with Gasteiger partial charge in [-0.05, 0) is 52.9 Å². The number of ether oxygens (including phenoxy) is 2. The molecule has 1 aliphatic carbocycles. The molecule has 4 rings (SSSR count). The summed E-state index contributed by atoms with van der Waals surface area (Å²) >= 11 is 1.67. The number of alkyl halides is 1. The summed E-state index contributed by atoms with van der Waals surface area (Å²) in [7, 11) is 0. The normalized spacial score (nSPS) is 24.8. The molecule has 1 aliphatic heterocycles. The summed E-state index contributed by atoms with van der Waals surface area (Å²) in [6.07, 6.45) is 1.64. The predicted octanol–water partition coefficient (Wildman–Crippen LogP) is 4.57. The number of halogens is 2. The number of likely N-dealkylation sites (tertiary alicyclic amines) is 1. The number of rotatable bonds is 6. The van der Waals surface area contributed by atoms with Crippen molar-refractivity contribution in [2.75, 3.05) is 19.7 Å². The number of aromatic amines is 1. The van der Waals surface area contributed by atoms with E-state index in [9.17, 15) is 23.5 Å². The number of aliphatic hydroxyl groups excluding tert-OH is 1. The number of carbonyl (C=O) groups is 1. The zero-order chi connectivity index (χ0) is 26.7. The summed E-state index contributed by atoms with van der Waals surface area (Å²) in [5.41, 5.74) is -1.02. The number of nitrogens with one attached hydrogen (secondary N) is 1. The Labute approximate surface area is 219 Å². The molecule has 1 amide bonds. The first kappa shape index (κ1) is 27.6. The Bertz CT molecular complexity index is 1160. The van der Waals surface area contributed by atoms with Crippen LogP contribution in [0.5, 0.6) is 5.75 Å². The van der Waals surface area contributed by atoms with Gasteiger partial charge in [-0.1, -0.05) is 0 Å². The van der Waals surface area contributed by atoms with Gasteiger partial charge in [0.05, 0.1) is 30.5 Å². The van der Waals surface area contributed by atoms with Crippen molar-refractivity contribution >= 4 is 28.8 Å². The minimum absolute atomic E-state index is 0.00764. The average Bonchev–Trinajstić information content (AvgIpc) is 2.81. The van der Waals surface area contributed by atoms with Gasteiger partial charge < -0.3 is 24.5 Å². The van der Waals surface area contributed by atoms with Crippen molar-refractivity contribution in [2.24, 2.45) is 5.92 Å². The predicted molar refractivity (Wildman–Crippen MR) is 138 cm³/mol. The molecule has 1 aromatic heterocycles. The summed E-state index contributed by atoms with van der Waals surface area (Å²) < 4.78 is 40.6. The Kier molecular flexibility index (Phi) is 8.63. The van der Waals surface area contributed by atoms with Crippen LogP contribution >= 0.6 is 11.8 Å². The van der Waals surface area contributed by atoms with Gasteiger partial charge in [-0.15, -0.1) is 0 Å². The summed E-state index contributed by atoms with van der Waals surface area (Å²) in [4.78, 5) is 33.2. The number of fused-ring (bicyclic) bond motifs is 1. The van der Waals surface area contributed by atoms with E-state index in [1.165, 1.54) is 11.0 Å². The van der Waals surface area contributed by atoms with Crippen LogP contribution in [0.3, 0.4) is 0 Å². The number of carbonyl (C=O) groups excluding carboxylic acids is 1. The highest BCUT2D eigenvalue weighted by molar-refractivity contribution is 7.99. The lowest BCUT2D eigenvalue weighted by atomic mass is 9.96. The molecule has 2 atom stereocenters. The fourth-order valence-corrected chi connectivity index (χ4v) is 5.78. The minimum Gasteiger partial charge on any atom is -0.493 e. The zero-order valence-corrected chi connectivity index (χ0v) is 22.3. The van der Waals surface area contributed by atoms with E-state index in [1.807, 2.05) is 0 Å². The number of amides is 1. The van der Waals surface area contributed by atoms with E-state index < -0.39 is 35.2 Å². The molecule has 1 saturated heterocycles. The van der Waals surface area contributed by atoms with Gasteiger partial charge in [0.1, 0.15) is 34.6 Å². The second-order valence-electron chi connectivity index (χ2n) is 10.9. The number of piperidine rings is 1. The third-order valence-electron chi connectivity index (χ3n) is 6.67.